The smallest absolute Gasteiger partial charge is 0.341 e. The Morgan fingerprint density at radius 2 is 1.79 bits per heavy atom. The summed E-state index contributed by atoms with van der Waals surface area (Å²) in [7, 11) is 1.33. The summed E-state index contributed by atoms with van der Waals surface area (Å²) in [5.41, 5.74) is 8.68. The third-order valence-corrected chi connectivity index (χ3v) is 9.23. The van der Waals surface area contributed by atoms with E-state index in [1.54, 1.807) is 23.1 Å². The molecule has 0 bridgehead atoms. The number of hydrogen-bond acceptors (Lipinski definition) is 9. The number of amides is 2. The van der Waals surface area contributed by atoms with Crippen molar-refractivity contribution in [2.45, 2.75) is 25.7 Å². The first kappa shape index (κ1) is 26.5. The molecule has 2 amide bonds. The quantitative estimate of drug-likeness (QED) is 0.347. The minimum Gasteiger partial charge on any atom is -0.465 e. The van der Waals surface area contributed by atoms with Gasteiger partial charge in [-0.2, -0.15) is 0 Å². The molecule has 0 spiro atoms. The van der Waals surface area contributed by atoms with Gasteiger partial charge in [0.25, 0.3) is 11.8 Å². The van der Waals surface area contributed by atoms with Crippen LogP contribution in [0.15, 0.2) is 24.3 Å². The van der Waals surface area contributed by atoms with E-state index in [1.807, 2.05) is 6.07 Å². The molecular weight excluding hydrogens is 548 g/mol. The van der Waals surface area contributed by atoms with Crippen molar-refractivity contribution in [2.24, 2.45) is 0 Å². The summed E-state index contributed by atoms with van der Waals surface area (Å²) in [5, 5.41) is 7.39. The minimum atomic E-state index is -0.500. The highest BCUT2D eigenvalue weighted by atomic mass is 35.5. The lowest BCUT2D eigenvalue weighted by molar-refractivity contribution is 0.0304. The topological polar surface area (TPSA) is 123 Å². The molecule has 1 aliphatic heterocycles. The molecule has 1 aliphatic carbocycles. The first-order valence-corrected chi connectivity index (χ1v) is 14.2. The fourth-order valence-corrected chi connectivity index (χ4v) is 7.13. The number of ether oxygens (including phenoxy) is 2. The van der Waals surface area contributed by atoms with Gasteiger partial charge in [0.2, 0.25) is 0 Å². The molecule has 3 aromatic rings. The normalized spacial score (nSPS) is 15.1. The van der Waals surface area contributed by atoms with E-state index in [0.717, 1.165) is 47.5 Å². The number of carbonyl (C=O) groups excluding carboxylic acids is 3. The number of hydrogen-bond donors (Lipinski definition) is 3. The summed E-state index contributed by atoms with van der Waals surface area (Å²) in [6.45, 7) is 1.69. The van der Waals surface area contributed by atoms with Crippen LogP contribution in [0.4, 0.5) is 21.4 Å². The molecule has 9 nitrogen and oxygen atoms in total. The van der Waals surface area contributed by atoms with E-state index in [-0.39, 0.29) is 22.0 Å². The Morgan fingerprint density at radius 1 is 1.05 bits per heavy atom. The number of carbonyl (C=O) groups is 3. The number of morpholine rings is 1. The van der Waals surface area contributed by atoms with Gasteiger partial charge in [0, 0.05) is 18.0 Å². The van der Waals surface area contributed by atoms with Gasteiger partial charge in [-0.1, -0.05) is 23.7 Å². The Balaban J connectivity index is 1.52. The maximum Gasteiger partial charge on any atom is 0.341 e. The number of nitrogens with one attached hydrogen (secondary N) is 2. The molecule has 38 heavy (non-hydrogen) atoms. The summed E-state index contributed by atoms with van der Waals surface area (Å²) in [6.07, 6.45) is 3.62. The lowest BCUT2D eigenvalue weighted by atomic mass is 9.95. The Bertz CT molecular complexity index is 1400. The van der Waals surface area contributed by atoms with E-state index >= 15 is 0 Å². The number of nitrogen functional groups attached to an aromatic ring is 1. The summed E-state index contributed by atoms with van der Waals surface area (Å²) >= 11 is 8.81. The van der Waals surface area contributed by atoms with Gasteiger partial charge in [-0.05, 0) is 43.4 Å². The summed E-state index contributed by atoms with van der Waals surface area (Å²) < 4.78 is 10.4. The van der Waals surface area contributed by atoms with Gasteiger partial charge in [-0.15, -0.1) is 22.7 Å². The van der Waals surface area contributed by atoms with Gasteiger partial charge in [-0.25, -0.2) is 4.79 Å². The number of aryl methyl sites for hydroxylation is 1. The van der Waals surface area contributed by atoms with Crippen LogP contribution in [0, 0.1) is 0 Å². The number of para-hydroxylation sites is 1. The molecule has 5 rings (SSSR count). The zero-order valence-electron chi connectivity index (χ0n) is 20.7. The standard InChI is InChI=1S/C26H27ClN4O5S2/c1-35-26(34)18-14-6-2-5-9-17(14)37-23(18)30-22(32)21-20(28)19(25(33)31-10-12-36-13-11-31)24(38-21)29-16-8-4-3-7-15(16)27/h3-4,7-8,29H,2,5-6,9-13,28H2,1H3,(H,30,32). The van der Waals surface area contributed by atoms with Gasteiger partial charge < -0.3 is 30.7 Å². The third kappa shape index (κ3) is 5.11. The predicted molar refractivity (Wildman–Crippen MR) is 150 cm³/mol. The molecule has 0 atom stereocenters. The SMILES string of the molecule is COC(=O)c1c(NC(=O)c2sc(Nc3ccccc3Cl)c(C(=O)N3CCOCC3)c2N)sc2c1CCCC2. The summed E-state index contributed by atoms with van der Waals surface area (Å²) in [6, 6.07) is 7.12. The van der Waals surface area contributed by atoms with Crippen LogP contribution >= 0.6 is 34.3 Å². The molecule has 200 valence electrons. The Morgan fingerprint density at radius 3 is 2.53 bits per heavy atom. The number of anilines is 4. The van der Waals surface area contributed by atoms with Crippen LogP contribution in [0.3, 0.4) is 0 Å². The van der Waals surface area contributed by atoms with Crippen molar-refractivity contribution in [1.29, 1.82) is 0 Å². The van der Waals surface area contributed by atoms with Crippen molar-refractivity contribution in [1.82, 2.24) is 4.90 Å². The molecule has 12 heteroatoms. The third-order valence-electron chi connectivity index (χ3n) is 6.57. The van der Waals surface area contributed by atoms with E-state index in [1.165, 1.54) is 18.4 Å². The largest absolute Gasteiger partial charge is 0.465 e. The zero-order chi connectivity index (χ0) is 26.8. The average Bonchev–Trinajstić information content (AvgIpc) is 3.46. The highest BCUT2D eigenvalue weighted by Gasteiger charge is 2.32. The zero-order valence-corrected chi connectivity index (χ0v) is 23.1. The van der Waals surface area contributed by atoms with Crippen LogP contribution in [-0.4, -0.2) is 56.1 Å². The van der Waals surface area contributed by atoms with Crippen molar-refractivity contribution in [3.05, 3.63) is 55.7 Å². The average molecular weight is 575 g/mol. The van der Waals surface area contributed by atoms with Crippen LogP contribution in [0.5, 0.6) is 0 Å². The minimum absolute atomic E-state index is 0.0690. The summed E-state index contributed by atoms with van der Waals surface area (Å²) in [4.78, 5) is 42.7. The van der Waals surface area contributed by atoms with Gasteiger partial charge >= 0.3 is 5.97 Å². The number of rotatable bonds is 6. The van der Waals surface area contributed by atoms with Crippen molar-refractivity contribution < 1.29 is 23.9 Å². The number of halogens is 1. The molecule has 0 saturated carbocycles. The molecule has 0 radical (unpaired) electrons. The molecule has 1 fully saturated rings. The first-order valence-electron chi connectivity index (χ1n) is 12.2. The van der Waals surface area contributed by atoms with Crippen LogP contribution in [0.1, 0.15) is 53.7 Å². The van der Waals surface area contributed by atoms with E-state index in [4.69, 9.17) is 26.8 Å². The van der Waals surface area contributed by atoms with Crippen molar-refractivity contribution in [2.75, 3.05) is 49.8 Å². The Hall–Kier alpha value is -3.12. The van der Waals surface area contributed by atoms with E-state index in [2.05, 4.69) is 10.6 Å². The number of methoxy groups -OCH3 is 1. The van der Waals surface area contributed by atoms with E-state index < -0.39 is 11.9 Å². The Kier molecular flexibility index (Phi) is 7.89. The second-order valence-corrected chi connectivity index (χ2v) is 11.5. The first-order chi connectivity index (χ1) is 18.4. The highest BCUT2D eigenvalue weighted by molar-refractivity contribution is 7.20. The number of benzene rings is 1. The molecule has 3 heterocycles. The van der Waals surface area contributed by atoms with Crippen molar-refractivity contribution in [3.63, 3.8) is 0 Å². The van der Waals surface area contributed by atoms with Crippen molar-refractivity contribution >= 4 is 73.4 Å². The van der Waals surface area contributed by atoms with Crippen LogP contribution < -0.4 is 16.4 Å². The van der Waals surface area contributed by atoms with Crippen LogP contribution in [0.25, 0.3) is 0 Å². The van der Waals surface area contributed by atoms with E-state index in [9.17, 15) is 14.4 Å². The molecule has 2 aromatic heterocycles. The second kappa shape index (κ2) is 11.3. The second-order valence-electron chi connectivity index (χ2n) is 8.92. The fourth-order valence-electron chi connectivity index (χ4n) is 4.65. The monoisotopic (exact) mass is 574 g/mol. The van der Waals surface area contributed by atoms with Gasteiger partial charge in [0.1, 0.15) is 14.9 Å². The van der Waals surface area contributed by atoms with Gasteiger partial charge in [0.15, 0.2) is 0 Å². The number of esters is 1. The predicted octanol–water partition coefficient (Wildman–Crippen LogP) is 5.18. The fraction of sp³-hybridized carbons (Fsp3) is 0.346. The molecular formula is C26H27ClN4O5S2. The number of thiophene rings is 2. The maximum atomic E-state index is 13.6. The van der Waals surface area contributed by atoms with Crippen LogP contribution in [-0.2, 0) is 22.3 Å². The molecule has 1 aromatic carbocycles. The molecule has 0 unspecified atom stereocenters. The molecule has 4 N–H and O–H groups in total. The van der Waals surface area contributed by atoms with Crippen molar-refractivity contribution in [3.8, 4) is 0 Å². The number of fused-ring (bicyclic) bond motifs is 1. The number of nitrogens with zero attached hydrogens (tertiary/aromatic N) is 1. The van der Waals surface area contributed by atoms with Gasteiger partial charge in [0.05, 0.1) is 47.8 Å². The highest BCUT2D eigenvalue weighted by Crippen LogP contribution is 2.42. The van der Waals surface area contributed by atoms with Crippen LogP contribution in [0.2, 0.25) is 5.02 Å². The van der Waals surface area contributed by atoms with E-state index in [0.29, 0.717) is 52.6 Å². The lowest BCUT2D eigenvalue weighted by Crippen LogP contribution is -2.41. The maximum absolute atomic E-state index is 13.6. The molecule has 2 aliphatic rings. The summed E-state index contributed by atoms with van der Waals surface area (Å²) in [5.74, 6) is -1.28. The molecule has 1 saturated heterocycles. The van der Waals surface area contributed by atoms with Gasteiger partial charge in [-0.3, -0.25) is 9.59 Å². The Labute approximate surface area is 232 Å². The lowest BCUT2D eigenvalue weighted by Gasteiger charge is -2.27. The number of nitrogens with two attached hydrogens (primary N) is 1.